The van der Waals surface area contributed by atoms with Gasteiger partial charge >= 0.3 is 5.97 Å². The molecule has 1 heterocycles. The zero-order valence-electron chi connectivity index (χ0n) is 6.56. The van der Waals surface area contributed by atoms with Gasteiger partial charge in [0.1, 0.15) is 6.61 Å². The largest absolute Gasteiger partial charge is 0.479 e. The van der Waals surface area contributed by atoms with Crippen LogP contribution in [0.15, 0.2) is 16.8 Å². The van der Waals surface area contributed by atoms with Gasteiger partial charge in [-0.3, -0.25) is 0 Å². The van der Waals surface area contributed by atoms with Crippen LogP contribution in [-0.2, 0) is 16.1 Å². The maximum atomic E-state index is 10.3. The van der Waals surface area contributed by atoms with E-state index in [-0.39, 0.29) is 6.61 Å². The topological polar surface area (TPSA) is 72.6 Å². The Morgan fingerprint density at radius 3 is 3.17 bits per heavy atom. The molecule has 5 heteroatoms. The number of carboxylic acids is 1. The first kappa shape index (κ1) is 8.73. The Kier molecular flexibility index (Phi) is 2.82. The molecule has 0 bridgehead atoms. The summed E-state index contributed by atoms with van der Waals surface area (Å²) in [5.41, 5.74) is 0. The fourth-order valence-corrected chi connectivity index (χ4v) is 0.595. The Hall–Kier alpha value is -1.36. The molecule has 0 amide bonds. The minimum Gasteiger partial charge on any atom is -0.479 e. The van der Waals surface area contributed by atoms with E-state index in [0.29, 0.717) is 5.76 Å². The summed E-state index contributed by atoms with van der Waals surface area (Å²) in [6.07, 6.45) is 0.652. The van der Waals surface area contributed by atoms with Crippen molar-refractivity contribution in [2.45, 2.75) is 19.6 Å². The summed E-state index contributed by atoms with van der Waals surface area (Å²) < 4.78 is 9.61. The number of hydrogen-bond donors (Lipinski definition) is 1. The summed E-state index contributed by atoms with van der Waals surface area (Å²) in [7, 11) is 0. The number of rotatable bonds is 4. The summed E-state index contributed by atoms with van der Waals surface area (Å²) >= 11 is 0. The maximum Gasteiger partial charge on any atom is 0.332 e. The van der Waals surface area contributed by atoms with Gasteiger partial charge in [0.15, 0.2) is 11.9 Å². The summed E-state index contributed by atoms with van der Waals surface area (Å²) in [5.74, 6) is -0.474. The van der Waals surface area contributed by atoms with Crippen molar-refractivity contribution in [3.8, 4) is 0 Å². The van der Waals surface area contributed by atoms with Crippen LogP contribution in [0.5, 0.6) is 0 Å². The van der Waals surface area contributed by atoms with Gasteiger partial charge in [-0.05, 0) is 6.92 Å². The van der Waals surface area contributed by atoms with Crippen molar-refractivity contribution in [2.24, 2.45) is 0 Å². The van der Waals surface area contributed by atoms with Gasteiger partial charge in [0, 0.05) is 6.07 Å². The van der Waals surface area contributed by atoms with E-state index in [1.165, 1.54) is 13.1 Å². The number of carbonyl (C=O) groups is 1. The first-order valence-electron chi connectivity index (χ1n) is 3.44. The fraction of sp³-hybridized carbons (Fsp3) is 0.429. The SMILES string of the molecule is C[C@@H](OCc1ccno1)C(=O)O. The normalized spacial score (nSPS) is 12.8. The number of aromatic nitrogens is 1. The number of hydrogen-bond acceptors (Lipinski definition) is 4. The molecular weight excluding hydrogens is 162 g/mol. The highest BCUT2D eigenvalue weighted by Crippen LogP contribution is 2.01. The third-order valence-electron chi connectivity index (χ3n) is 1.31. The molecule has 1 aromatic rings. The lowest BCUT2D eigenvalue weighted by atomic mass is 10.4. The highest BCUT2D eigenvalue weighted by molar-refractivity contribution is 5.71. The predicted molar refractivity (Wildman–Crippen MR) is 38.4 cm³/mol. The first-order chi connectivity index (χ1) is 5.70. The molecule has 1 rings (SSSR count). The van der Waals surface area contributed by atoms with E-state index in [1.54, 1.807) is 6.07 Å². The van der Waals surface area contributed by atoms with E-state index in [9.17, 15) is 4.79 Å². The van der Waals surface area contributed by atoms with E-state index in [2.05, 4.69) is 5.16 Å². The Morgan fingerprint density at radius 2 is 2.67 bits per heavy atom. The number of ether oxygens (including phenoxy) is 1. The zero-order chi connectivity index (χ0) is 8.97. The minimum absolute atomic E-state index is 0.132. The molecule has 1 N–H and O–H groups in total. The van der Waals surface area contributed by atoms with Crippen molar-refractivity contribution < 1.29 is 19.2 Å². The van der Waals surface area contributed by atoms with Crippen LogP contribution >= 0.6 is 0 Å². The molecule has 5 nitrogen and oxygen atoms in total. The Labute approximate surface area is 68.9 Å². The predicted octanol–water partition coefficient (Wildman–Crippen LogP) is 0.664. The molecule has 0 aromatic carbocycles. The van der Waals surface area contributed by atoms with Gasteiger partial charge in [0.25, 0.3) is 0 Å². The van der Waals surface area contributed by atoms with Crippen LogP contribution in [0.1, 0.15) is 12.7 Å². The molecule has 1 aromatic heterocycles. The molecule has 0 aliphatic rings. The second-order valence-electron chi connectivity index (χ2n) is 2.27. The number of nitrogens with zero attached hydrogens (tertiary/aromatic N) is 1. The van der Waals surface area contributed by atoms with Crippen LogP contribution in [0.25, 0.3) is 0 Å². The van der Waals surface area contributed by atoms with Gasteiger partial charge in [-0.25, -0.2) is 4.79 Å². The monoisotopic (exact) mass is 171 g/mol. The second kappa shape index (κ2) is 3.87. The van der Waals surface area contributed by atoms with Gasteiger partial charge < -0.3 is 14.4 Å². The van der Waals surface area contributed by atoms with Gasteiger partial charge in [-0.1, -0.05) is 5.16 Å². The average Bonchev–Trinajstić information content (AvgIpc) is 2.51. The third kappa shape index (κ3) is 2.35. The molecular formula is C7H9NO4. The van der Waals surface area contributed by atoms with Crippen LogP contribution < -0.4 is 0 Å². The summed E-state index contributed by atoms with van der Waals surface area (Å²) in [6, 6.07) is 1.62. The van der Waals surface area contributed by atoms with Gasteiger partial charge in [-0.2, -0.15) is 0 Å². The summed E-state index contributed by atoms with van der Waals surface area (Å²) in [4.78, 5) is 10.3. The van der Waals surface area contributed by atoms with E-state index in [4.69, 9.17) is 14.4 Å². The van der Waals surface area contributed by atoms with Crippen LogP contribution in [0.4, 0.5) is 0 Å². The van der Waals surface area contributed by atoms with Crippen molar-refractivity contribution >= 4 is 5.97 Å². The van der Waals surface area contributed by atoms with Crippen molar-refractivity contribution in [2.75, 3.05) is 0 Å². The quantitative estimate of drug-likeness (QED) is 0.720. The Morgan fingerprint density at radius 1 is 1.92 bits per heavy atom. The molecule has 0 aliphatic carbocycles. The third-order valence-corrected chi connectivity index (χ3v) is 1.31. The van der Waals surface area contributed by atoms with Crippen molar-refractivity contribution in [3.63, 3.8) is 0 Å². The zero-order valence-corrected chi connectivity index (χ0v) is 6.56. The smallest absolute Gasteiger partial charge is 0.332 e. The lowest BCUT2D eigenvalue weighted by Crippen LogP contribution is -2.19. The minimum atomic E-state index is -0.991. The van der Waals surface area contributed by atoms with Crippen LogP contribution in [0.2, 0.25) is 0 Å². The fourth-order valence-electron chi connectivity index (χ4n) is 0.595. The second-order valence-corrected chi connectivity index (χ2v) is 2.27. The summed E-state index contributed by atoms with van der Waals surface area (Å²) in [6.45, 7) is 1.59. The number of carboxylic acid groups (broad SMARTS) is 1. The molecule has 66 valence electrons. The maximum absolute atomic E-state index is 10.3. The molecule has 0 spiro atoms. The van der Waals surface area contributed by atoms with Crippen LogP contribution in [0, 0.1) is 0 Å². The molecule has 0 saturated carbocycles. The molecule has 1 atom stereocenters. The van der Waals surface area contributed by atoms with Gasteiger partial charge in [0.05, 0.1) is 6.20 Å². The van der Waals surface area contributed by atoms with E-state index >= 15 is 0 Å². The van der Waals surface area contributed by atoms with Crippen molar-refractivity contribution in [1.29, 1.82) is 0 Å². The van der Waals surface area contributed by atoms with Crippen LogP contribution in [0.3, 0.4) is 0 Å². The van der Waals surface area contributed by atoms with Crippen molar-refractivity contribution in [3.05, 3.63) is 18.0 Å². The molecule has 0 aliphatic heterocycles. The van der Waals surface area contributed by atoms with E-state index in [0.717, 1.165) is 0 Å². The van der Waals surface area contributed by atoms with Crippen LogP contribution in [-0.4, -0.2) is 22.3 Å². The molecule has 12 heavy (non-hydrogen) atoms. The average molecular weight is 171 g/mol. The standard InChI is InChI=1S/C7H9NO4/c1-5(7(9)10)11-4-6-2-3-8-12-6/h2-3,5H,4H2,1H3,(H,9,10)/t5-/m1/s1. The molecule has 0 fully saturated rings. The number of aliphatic carboxylic acids is 1. The highest BCUT2D eigenvalue weighted by Gasteiger charge is 2.11. The lowest BCUT2D eigenvalue weighted by Gasteiger charge is -2.04. The van der Waals surface area contributed by atoms with Crippen molar-refractivity contribution in [1.82, 2.24) is 5.16 Å². The molecule has 0 radical (unpaired) electrons. The Bertz CT molecular complexity index is 244. The first-order valence-corrected chi connectivity index (χ1v) is 3.44. The van der Waals surface area contributed by atoms with E-state index in [1.807, 2.05) is 0 Å². The van der Waals surface area contributed by atoms with Gasteiger partial charge in [0.2, 0.25) is 0 Å². The molecule has 0 saturated heterocycles. The Balaban J connectivity index is 2.31. The summed E-state index contributed by atoms with van der Waals surface area (Å²) in [5, 5.41) is 11.9. The lowest BCUT2D eigenvalue weighted by molar-refractivity contribution is -0.150. The van der Waals surface area contributed by atoms with E-state index < -0.39 is 12.1 Å². The van der Waals surface area contributed by atoms with Gasteiger partial charge in [-0.15, -0.1) is 0 Å². The highest BCUT2D eigenvalue weighted by atomic mass is 16.5. The molecule has 0 unspecified atom stereocenters.